The Labute approximate surface area is 113 Å². The van der Waals surface area contributed by atoms with Gasteiger partial charge in [0.25, 0.3) is 5.69 Å². The maximum absolute atomic E-state index is 11.8. The maximum Gasteiger partial charge on any atom is 0.269 e. The number of hydrogen-bond acceptors (Lipinski definition) is 6. The molecule has 1 aromatic heterocycles. The van der Waals surface area contributed by atoms with E-state index in [1.165, 1.54) is 35.1 Å². The molecule has 0 aliphatic rings. The number of carbonyl (C=O) groups excluding carboxylic acids is 1. The highest BCUT2D eigenvalue weighted by atomic mass is 16.6. The SMILES string of the molecule is NCc1cnnn1CC(=O)Nc1ccc([N+](=O)[O-])cc1. The number of aromatic nitrogens is 3. The van der Waals surface area contributed by atoms with Crippen molar-refractivity contribution in [1.29, 1.82) is 0 Å². The van der Waals surface area contributed by atoms with Crippen molar-refractivity contribution in [2.45, 2.75) is 13.1 Å². The number of carbonyl (C=O) groups is 1. The zero-order chi connectivity index (χ0) is 14.5. The number of non-ortho nitro benzene ring substituents is 1. The van der Waals surface area contributed by atoms with Gasteiger partial charge in [0.15, 0.2) is 0 Å². The van der Waals surface area contributed by atoms with Crippen molar-refractivity contribution in [2.24, 2.45) is 5.73 Å². The molecule has 2 rings (SSSR count). The van der Waals surface area contributed by atoms with Crippen LogP contribution in [0, 0.1) is 10.1 Å². The second-order valence-electron chi connectivity index (χ2n) is 3.94. The van der Waals surface area contributed by atoms with Crippen LogP contribution in [0.2, 0.25) is 0 Å². The third-order valence-corrected chi connectivity index (χ3v) is 2.56. The van der Waals surface area contributed by atoms with Gasteiger partial charge >= 0.3 is 0 Å². The standard InChI is InChI=1S/C11H12N6O3/c12-5-10-6-13-15-16(10)7-11(18)14-8-1-3-9(4-2-8)17(19)20/h1-4,6H,5,7,12H2,(H,14,18). The highest BCUT2D eigenvalue weighted by molar-refractivity contribution is 5.90. The highest BCUT2D eigenvalue weighted by Gasteiger charge is 2.09. The van der Waals surface area contributed by atoms with Crippen LogP contribution in [0.5, 0.6) is 0 Å². The van der Waals surface area contributed by atoms with Gasteiger partial charge in [0.2, 0.25) is 5.91 Å². The van der Waals surface area contributed by atoms with E-state index in [0.717, 1.165) is 0 Å². The predicted octanol–water partition coefficient (Wildman–Crippen LogP) is 0.284. The summed E-state index contributed by atoms with van der Waals surface area (Å²) in [6, 6.07) is 5.55. The van der Waals surface area contributed by atoms with Crippen molar-refractivity contribution < 1.29 is 9.72 Å². The van der Waals surface area contributed by atoms with E-state index in [2.05, 4.69) is 15.6 Å². The molecule has 0 atom stereocenters. The molecule has 0 spiro atoms. The number of amides is 1. The second-order valence-corrected chi connectivity index (χ2v) is 3.94. The van der Waals surface area contributed by atoms with Gasteiger partial charge in [-0.15, -0.1) is 5.10 Å². The van der Waals surface area contributed by atoms with Gasteiger partial charge < -0.3 is 11.1 Å². The minimum atomic E-state index is -0.505. The molecule has 9 heteroatoms. The van der Waals surface area contributed by atoms with E-state index >= 15 is 0 Å². The molecule has 0 saturated heterocycles. The molecule has 1 heterocycles. The van der Waals surface area contributed by atoms with Gasteiger partial charge in [0.1, 0.15) is 6.54 Å². The number of nitrogens with two attached hydrogens (primary N) is 1. The third-order valence-electron chi connectivity index (χ3n) is 2.56. The smallest absolute Gasteiger partial charge is 0.269 e. The van der Waals surface area contributed by atoms with Crippen LogP contribution in [-0.2, 0) is 17.9 Å². The molecule has 0 saturated carbocycles. The summed E-state index contributed by atoms with van der Waals surface area (Å²) in [7, 11) is 0. The molecule has 0 unspecified atom stereocenters. The average Bonchev–Trinajstić information content (AvgIpc) is 2.86. The molecule has 0 aliphatic carbocycles. The van der Waals surface area contributed by atoms with Crippen molar-refractivity contribution in [3.8, 4) is 0 Å². The molecule has 2 aromatic rings. The Bertz CT molecular complexity index is 621. The van der Waals surface area contributed by atoms with Gasteiger partial charge in [-0.1, -0.05) is 5.21 Å². The van der Waals surface area contributed by atoms with E-state index in [-0.39, 0.29) is 24.7 Å². The van der Waals surface area contributed by atoms with Crippen molar-refractivity contribution in [2.75, 3.05) is 5.32 Å². The minimum Gasteiger partial charge on any atom is -0.325 e. The van der Waals surface area contributed by atoms with Crippen LogP contribution in [-0.4, -0.2) is 25.8 Å². The van der Waals surface area contributed by atoms with Gasteiger partial charge in [-0.3, -0.25) is 14.9 Å². The first-order valence-corrected chi connectivity index (χ1v) is 5.72. The summed E-state index contributed by atoms with van der Waals surface area (Å²) in [5, 5.41) is 20.5. The van der Waals surface area contributed by atoms with Crippen LogP contribution >= 0.6 is 0 Å². The Hall–Kier alpha value is -2.81. The molecule has 104 valence electrons. The fourth-order valence-electron chi connectivity index (χ4n) is 1.57. The number of nitrogens with zero attached hydrogens (tertiary/aromatic N) is 4. The minimum absolute atomic E-state index is 0.0243. The van der Waals surface area contributed by atoms with E-state index in [0.29, 0.717) is 11.4 Å². The number of nitrogens with one attached hydrogen (secondary N) is 1. The predicted molar refractivity (Wildman–Crippen MR) is 69.6 cm³/mol. The number of nitro benzene ring substituents is 1. The first kappa shape index (κ1) is 13.6. The van der Waals surface area contributed by atoms with Crippen LogP contribution < -0.4 is 11.1 Å². The van der Waals surface area contributed by atoms with Crippen LogP contribution in [0.15, 0.2) is 30.5 Å². The highest BCUT2D eigenvalue weighted by Crippen LogP contribution is 2.15. The fourth-order valence-corrected chi connectivity index (χ4v) is 1.57. The van der Waals surface area contributed by atoms with E-state index < -0.39 is 4.92 Å². The molecule has 9 nitrogen and oxygen atoms in total. The summed E-state index contributed by atoms with van der Waals surface area (Å²) in [5.41, 5.74) is 6.54. The Morgan fingerprint density at radius 3 is 2.70 bits per heavy atom. The van der Waals surface area contributed by atoms with Gasteiger partial charge in [-0.05, 0) is 12.1 Å². The molecule has 1 aromatic carbocycles. The van der Waals surface area contributed by atoms with E-state index in [9.17, 15) is 14.9 Å². The van der Waals surface area contributed by atoms with Crippen LogP contribution in [0.1, 0.15) is 5.69 Å². The number of nitro groups is 1. The zero-order valence-electron chi connectivity index (χ0n) is 10.4. The van der Waals surface area contributed by atoms with Crippen LogP contribution in [0.4, 0.5) is 11.4 Å². The first-order chi connectivity index (χ1) is 9.60. The lowest BCUT2D eigenvalue weighted by Crippen LogP contribution is -2.21. The maximum atomic E-state index is 11.8. The third kappa shape index (κ3) is 3.14. The van der Waals surface area contributed by atoms with Crippen LogP contribution in [0.3, 0.4) is 0 Å². The normalized spacial score (nSPS) is 10.2. The Morgan fingerprint density at radius 1 is 1.40 bits per heavy atom. The summed E-state index contributed by atoms with van der Waals surface area (Å²) in [5.74, 6) is -0.320. The summed E-state index contributed by atoms with van der Waals surface area (Å²) < 4.78 is 1.39. The molecule has 0 bridgehead atoms. The van der Waals surface area contributed by atoms with E-state index in [1.54, 1.807) is 0 Å². The Kier molecular flexibility index (Phi) is 4.01. The summed E-state index contributed by atoms with van der Waals surface area (Å²) in [6.45, 7) is 0.210. The number of rotatable bonds is 5. The first-order valence-electron chi connectivity index (χ1n) is 5.72. The average molecular weight is 276 g/mol. The number of benzene rings is 1. The molecule has 20 heavy (non-hydrogen) atoms. The molecule has 0 radical (unpaired) electrons. The van der Waals surface area contributed by atoms with Gasteiger partial charge in [0, 0.05) is 24.4 Å². The Morgan fingerprint density at radius 2 is 2.10 bits per heavy atom. The lowest BCUT2D eigenvalue weighted by molar-refractivity contribution is -0.384. The van der Waals surface area contributed by atoms with Crippen molar-refractivity contribution in [3.05, 3.63) is 46.3 Å². The molecular formula is C11H12N6O3. The van der Waals surface area contributed by atoms with E-state index in [4.69, 9.17) is 5.73 Å². The van der Waals surface area contributed by atoms with Crippen molar-refractivity contribution in [3.63, 3.8) is 0 Å². The molecule has 0 fully saturated rings. The topological polar surface area (TPSA) is 129 Å². The van der Waals surface area contributed by atoms with E-state index in [1.807, 2.05) is 0 Å². The summed E-state index contributed by atoms with van der Waals surface area (Å²) in [4.78, 5) is 21.8. The van der Waals surface area contributed by atoms with Crippen molar-refractivity contribution in [1.82, 2.24) is 15.0 Å². The molecule has 1 amide bonds. The lowest BCUT2D eigenvalue weighted by atomic mass is 10.3. The number of anilines is 1. The molecule has 0 aliphatic heterocycles. The lowest BCUT2D eigenvalue weighted by Gasteiger charge is -2.06. The Balaban J connectivity index is 1.99. The molecule has 3 N–H and O–H groups in total. The van der Waals surface area contributed by atoms with Gasteiger partial charge in [-0.25, -0.2) is 4.68 Å². The van der Waals surface area contributed by atoms with Gasteiger partial charge in [-0.2, -0.15) is 0 Å². The monoisotopic (exact) mass is 276 g/mol. The fraction of sp³-hybridized carbons (Fsp3) is 0.182. The van der Waals surface area contributed by atoms with Crippen molar-refractivity contribution >= 4 is 17.3 Å². The molecular weight excluding hydrogens is 264 g/mol. The summed E-state index contributed by atoms with van der Waals surface area (Å²) in [6.07, 6.45) is 1.49. The van der Waals surface area contributed by atoms with Crippen LogP contribution in [0.25, 0.3) is 0 Å². The number of hydrogen-bond donors (Lipinski definition) is 2. The largest absolute Gasteiger partial charge is 0.325 e. The zero-order valence-corrected chi connectivity index (χ0v) is 10.4. The second kappa shape index (κ2) is 5.89. The quantitative estimate of drug-likeness (QED) is 0.596. The van der Waals surface area contributed by atoms with Gasteiger partial charge in [0.05, 0.1) is 16.8 Å². The summed E-state index contributed by atoms with van der Waals surface area (Å²) >= 11 is 0.